The number of hydrogen-bond acceptors (Lipinski definition) is 5. The maximum absolute atomic E-state index is 11.0. The summed E-state index contributed by atoms with van der Waals surface area (Å²) < 4.78 is 8.55. The van der Waals surface area contributed by atoms with Gasteiger partial charge in [-0.1, -0.05) is 6.58 Å². The Labute approximate surface area is 86.5 Å². The van der Waals surface area contributed by atoms with Crippen LogP contribution in [0.25, 0.3) is 0 Å². The standard InChI is InChI=1S/C9H11NO5/c1-6(9(13)15-3)10-7(11)4-5-8(12)14-2/h4-5H,1H2,2-3H3,(H,10,11)/b5-4+. The Hall–Kier alpha value is -2.11. The van der Waals surface area contributed by atoms with Crippen molar-refractivity contribution in [1.29, 1.82) is 0 Å². The third kappa shape index (κ3) is 5.25. The average molecular weight is 213 g/mol. The number of carbonyl (C=O) groups excluding carboxylic acids is 3. The fourth-order valence-electron chi connectivity index (χ4n) is 0.576. The second-order valence-corrected chi connectivity index (χ2v) is 2.32. The van der Waals surface area contributed by atoms with Gasteiger partial charge in [0.05, 0.1) is 14.2 Å². The molecule has 0 aliphatic heterocycles. The van der Waals surface area contributed by atoms with Gasteiger partial charge in [0.1, 0.15) is 5.70 Å². The SMILES string of the molecule is C=C(NC(=O)/C=C/C(=O)OC)C(=O)OC. The minimum Gasteiger partial charge on any atom is -0.466 e. The van der Waals surface area contributed by atoms with Crippen LogP contribution in [0.3, 0.4) is 0 Å². The van der Waals surface area contributed by atoms with Crippen molar-refractivity contribution in [2.45, 2.75) is 0 Å². The predicted octanol–water partition coefficient (Wildman–Crippen LogP) is -0.482. The van der Waals surface area contributed by atoms with Gasteiger partial charge in [-0.05, 0) is 0 Å². The number of esters is 2. The van der Waals surface area contributed by atoms with Gasteiger partial charge in [0.15, 0.2) is 0 Å². The van der Waals surface area contributed by atoms with Crippen LogP contribution >= 0.6 is 0 Å². The van der Waals surface area contributed by atoms with Crippen molar-refractivity contribution in [3.8, 4) is 0 Å². The van der Waals surface area contributed by atoms with E-state index in [0.29, 0.717) is 0 Å². The van der Waals surface area contributed by atoms with Crippen LogP contribution in [0.2, 0.25) is 0 Å². The van der Waals surface area contributed by atoms with Crippen LogP contribution < -0.4 is 5.32 Å². The van der Waals surface area contributed by atoms with Crippen LogP contribution in [0.1, 0.15) is 0 Å². The Balaban J connectivity index is 4.16. The van der Waals surface area contributed by atoms with E-state index < -0.39 is 17.8 Å². The zero-order chi connectivity index (χ0) is 11.8. The summed E-state index contributed by atoms with van der Waals surface area (Å²) in [6.07, 6.45) is 1.83. The van der Waals surface area contributed by atoms with E-state index in [1.54, 1.807) is 0 Å². The van der Waals surface area contributed by atoms with Gasteiger partial charge in [-0.3, -0.25) is 4.79 Å². The highest BCUT2D eigenvalue weighted by molar-refractivity contribution is 5.99. The van der Waals surface area contributed by atoms with Gasteiger partial charge in [-0.15, -0.1) is 0 Å². The van der Waals surface area contributed by atoms with Gasteiger partial charge in [0.25, 0.3) is 0 Å². The van der Waals surface area contributed by atoms with Crippen LogP contribution in [-0.2, 0) is 23.9 Å². The van der Waals surface area contributed by atoms with Crippen LogP contribution in [-0.4, -0.2) is 32.1 Å². The van der Waals surface area contributed by atoms with Crippen LogP contribution in [0.5, 0.6) is 0 Å². The van der Waals surface area contributed by atoms with E-state index in [1.165, 1.54) is 7.11 Å². The fraction of sp³-hybridized carbons (Fsp3) is 0.222. The van der Waals surface area contributed by atoms with Crippen LogP contribution in [0.15, 0.2) is 24.4 Å². The van der Waals surface area contributed by atoms with Gasteiger partial charge in [-0.25, -0.2) is 9.59 Å². The first-order chi connectivity index (χ1) is 7.01. The van der Waals surface area contributed by atoms with E-state index in [2.05, 4.69) is 21.4 Å². The number of nitrogens with one attached hydrogen (secondary N) is 1. The Morgan fingerprint density at radius 1 is 1.13 bits per heavy atom. The number of amides is 1. The van der Waals surface area contributed by atoms with E-state index in [4.69, 9.17) is 0 Å². The fourth-order valence-corrected chi connectivity index (χ4v) is 0.576. The third-order valence-electron chi connectivity index (χ3n) is 1.28. The molecule has 0 aromatic rings. The molecule has 0 saturated heterocycles. The summed E-state index contributed by atoms with van der Waals surface area (Å²) in [5.74, 6) is -2.10. The van der Waals surface area contributed by atoms with Crippen molar-refractivity contribution in [3.05, 3.63) is 24.4 Å². The number of carbonyl (C=O) groups is 3. The molecule has 1 N–H and O–H groups in total. The molecule has 0 radical (unpaired) electrons. The lowest BCUT2D eigenvalue weighted by Crippen LogP contribution is -2.25. The quantitative estimate of drug-likeness (QED) is 0.503. The molecular weight excluding hydrogens is 202 g/mol. The summed E-state index contributed by atoms with van der Waals surface area (Å²) in [7, 11) is 2.34. The molecule has 0 rings (SSSR count). The molecule has 0 unspecified atom stereocenters. The Morgan fingerprint density at radius 2 is 1.73 bits per heavy atom. The minimum atomic E-state index is -0.755. The third-order valence-corrected chi connectivity index (χ3v) is 1.28. The van der Waals surface area contributed by atoms with Crippen molar-refractivity contribution in [1.82, 2.24) is 5.32 Å². The zero-order valence-electron chi connectivity index (χ0n) is 8.40. The van der Waals surface area contributed by atoms with Crippen molar-refractivity contribution in [3.63, 3.8) is 0 Å². The molecule has 82 valence electrons. The molecule has 0 saturated carbocycles. The molecule has 6 nitrogen and oxygen atoms in total. The van der Waals surface area contributed by atoms with E-state index in [9.17, 15) is 14.4 Å². The molecule has 0 bridgehead atoms. The average Bonchev–Trinajstić information content (AvgIpc) is 2.24. The Kier molecular flexibility index (Phi) is 5.47. The summed E-state index contributed by atoms with van der Waals surface area (Å²) in [4.78, 5) is 32.4. The van der Waals surface area contributed by atoms with E-state index in [0.717, 1.165) is 19.3 Å². The topological polar surface area (TPSA) is 81.7 Å². The largest absolute Gasteiger partial charge is 0.466 e. The molecule has 6 heteroatoms. The molecule has 0 aromatic carbocycles. The van der Waals surface area contributed by atoms with E-state index >= 15 is 0 Å². The molecule has 0 spiro atoms. The second-order valence-electron chi connectivity index (χ2n) is 2.32. The van der Waals surface area contributed by atoms with Crippen molar-refractivity contribution in [2.24, 2.45) is 0 Å². The predicted molar refractivity (Wildman–Crippen MR) is 50.5 cm³/mol. The molecule has 0 aliphatic carbocycles. The van der Waals surface area contributed by atoms with Gasteiger partial charge in [0.2, 0.25) is 5.91 Å². The van der Waals surface area contributed by atoms with E-state index in [-0.39, 0.29) is 5.70 Å². The highest BCUT2D eigenvalue weighted by atomic mass is 16.5. The van der Waals surface area contributed by atoms with Gasteiger partial charge >= 0.3 is 11.9 Å². The molecule has 0 fully saturated rings. The van der Waals surface area contributed by atoms with Gasteiger partial charge in [-0.2, -0.15) is 0 Å². The molecule has 15 heavy (non-hydrogen) atoms. The van der Waals surface area contributed by atoms with Crippen molar-refractivity contribution in [2.75, 3.05) is 14.2 Å². The number of ether oxygens (including phenoxy) is 2. The molecule has 0 aliphatic rings. The second kappa shape index (κ2) is 6.36. The maximum Gasteiger partial charge on any atom is 0.353 e. The van der Waals surface area contributed by atoms with Gasteiger partial charge in [0, 0.05) is 12.2 Å². The summed E-state index contributed by atoms with van der Waals surface area (Å²) in [6, 6.07) is 0. The zero-order valence-corrected chi connectivity index (χ0v) is 8.40. The smallest absolute Gasteiger partial charge is 0.353 e. The first kappa shape index (κ1) is 12.9. The molecule has 0 aromatic heterocycles. The number of methoxy groups -OCH3 is 2. The lowest BCUT2D eigenvalue weighted by molar-refractivity contribution is -0.137. The van der Waals surface area contributed by atoms with Crippen LogP contribution in [0.4, 0.5) is 0 Å². The summed E-state index contributed by atoms with van der Waals surface area (Å²) in [5.41, 5.74) is -0.211. The highest BCUT2D eigenvalue weighted by Gasteiger charge is 2.08. The van der Waals surface area contributed by atoms with Crippen molar-refractivity contribution < 1.29 is 23.9 Å². The Morgan fingerprint density at radius 3 is 2.20 bits per heavy atom. The van der Waals surface area contributed by atoms with Crippen molar-refractivity contribution >= 4 is 17.8 Å². The normalized spacial score (nSPS) is 9.47. The maximum atomic E-state index is 11.0. The van der Waals surface area contributed by atoms with Crippen LogP contribution in [0, 0.1) is 0 Å². The minimum absolute atomic E-state index is 0.211. The summed E-state index contributed by atoms with van der Waals surface area (Å²) in [6.45, 7) is 3.26. The first-order valence-electron chi connectivity index (χ1n) is 3.85. The molecular formula is C9H11NO5. The van der Waals surface area contributed by atoms with Gasteiger partial charge < -0.3 is 14.8 Å². The van der Waals surface area contributed by atoms with E-state index in [1.807, 2.05) is 0 Å². The number of hydrogen-bond donors (Lipinski definition) is 1. The lowest BCUT2D eigenvalue weighted by atomic mass is 10.4. The summed E-state index contributed by atoms with van der Waals surface area (Å²) in [5, 5.41) is 2.11. The number of rotatable bonds is 4. The molecule has 1 amide bonds. The molecule has 0 heterocycles. The summed E-state index contributed by atoms with van der Waals surface area (Å²) >= 11 is 0. The first-order valence-corrected chi connectivity index (χ1v) is 3.85. The Bertz CT molecular complexity index is 318. The highest BCUT2D eigenvalue weighted by Crippen LogP contribution is 1.88. The monoisotopic (exact) mass is 213 g/mol. The lowest BCUT2D eigenvalue weighted by Gasteiger charge is -2.02. The molecule has 0 atom stereocenters.